The summed E-state index contributed by atoms with van der Waals surface area (Å²) < 4.78 is 0. The lowest BCUT2D eigenvalue weighted by Crippen LogP contribution is -1.91. The van der Waals surface area contributed by atoms with E-state index >= 15 is 0 Å². The summed E-state index contributed by atoms with van der Waals surface area (Å²) in [7, 11) is 0. The van der Waals surface area contributed by atoms with Crippen molar-refractivity contribution < 1.29 is 4.79 Å². The molecule has 1 nitrogen and oxygen atoms in total. The minimum atomic E-state index is 0.300. The lowest BCUT2D eigenvalue weighted by molar-refractivity contribution is -0.117. The molecule has 0 saturated heterocycles. The van der Waals surface area contributed by atoms with E-state index in [1.54, 1.807) is 6.92 Å². The van der Waals surface area contributed by atoms with E-state index in [-0.39, 0.29) is 0 Å². The predicted octanol–water partition coefficient (Wildman–Crippen LogP) is 3.30. The van der Waals surface area contributed by atoms with Gasteiger partial charge in [-0.2, -0.15) is 0 Å². The lowest BCUT2D eigenvalue weighted by atomic mass is 10.0. The molecule has 76 valence electrons. The molecule has 0 aliphatic rings. The van der Waals surface area contributed by atoms with Gasteiger partial charge in [0, 0.05) is 6.42 Å². The molecule has 0 N–H and O–H groups in total. The second-order valence-corrected chi connectivity index (χ2v) is 3.90. The fraction of sp³-hybridized carbons (Fsp3) is 0.462. The fourth-order valence-corrected chi connectivity index (χ4v) is 1.57. The van der Waals surface area contributed by atoms with Gasteiger partial charge >= 0.3 is 0 Å². The van der Waals surface area contributed by atoms with E-state index in [4.69, 9.17) is 0 Å². The zero-order chi connectivity index (χ0) is 10.4. The van der Waals surface area contributed by atoms with E-state index < -0.39 is 0 Å². The van der Waals surface area contributed by atoms with E-state index in [1.165, 1.54) is 11.1 Å². The average Bonchev–Trinajstić information content (AvgIpc) is 2.12. The summed E-state index contributed by atoms with van der Waals surface area (Å²) >= 11 is 0. The Morgan fingerprint density at radius 1 is 1.29 bits per heavy atom. The second kappa shape index (κ2) is 5.58. The molecule has 1 rings (SSSR count). The molecule has 1 aromatic carbocycles. The maximum absolute atomic E-state index is 10.7. The summed E-state index contributed by atoms with van der Waals surface area (Å²) in [4.78, 5) is 10.7. The normalized spacial score (nSPS) is 10.1. The first kappa shape index (κ1) is 11.0. The highest BCUT2D eigenvalue weighted by Gasteiger charge is 1.96. The molecule has 14 heavy (non-hydrogen) atoms. The summed E-state index contributed by atoms with van der Waals surface area (Å²) in [5.74, 6) is 0.300. The summed E-state index contributed by atoms with van der Waals surface area (Å²) in [6.07, 6.45) is 3.95. The maximum atomic E-state index is 10.7. The Hall–Kier alpha value is -1.11. The van der Waals surface area contributed by atoms with Crippen LogP contribution in [0, 0.1) is 6.92 Å². The van der Waals surface area contributed by atoms with E-state index in [0.29, 0.717) is 5.78 Å². The minimum absolute atomic E-state index is 0.300. The monoisotopic (exact) mass is 190 g/mol. The van der Waals surface area contributed by atoms with E-state index in [2.05, 4.69) is 31.2 Å². The first-order chi connectivity index (χ1) is 6.68. The molecule has 0 atom stereocenters. The van der Waals surface area contributed by atoms with Crippen molar-refractivity contribution in [3.63, 3.8) is 0 Å². The SMILES string of the molecule is CC(=O)CCCCc1cccc(C)c1. The maximum Gasteiger partial charge on any atom is 0.129 e. The van der Waals surface area contributed by atoms with E-state index in [1.807, 2.05) is 0 Å². The Morgan fingerprint density at radius 3 is 2.71 bits per heavy atom. The van der Waals surface area contributed by atoms with Crippen LogP contribution < -0.4 is 0 Å². The number of hydrogen-bond acceptors (Lipinski definition) is 1. The van der Waals surface area contributed by atoms with Gasteiger partial charge in [0.15, 0.2) is 0 Å². The predicted molar refractivity (Wildman–Crippen MR) is 59.4 cm³/mol. The number of Topliss-reactive ketones (excluding diaryl/α,β-unsaturated/α-hetero) is 1. The third kappa shape index (κ3) is 4.22. The van der Waals surface area contributed by atoms with Crippen LogP contribution in [0.15, 0.2) is 24.3 Å². The number of ketones is 1. The van der Waals surface area contributed by atoms with Crippen molar-refractivity contribution in [1.82, 2.24) is 0 Å². The number of unbranched alkanes of at least 4 members (excludes halogenated alkanes) is 1. The molecule has 0 bridgehead atoms. The Kier molecular flexibility index (Phi) is 4.37. The minimum Gasteiger partial charge on any atom is -0.300 e. The number of aryl methyl sites for hydroxylation is 2. The third-order valence-corrected chi connectivity index (χ3v) is 2.33. The molecule has 0 unspecified atom stereocenters. The number of rotatable bonds is 5. The number of carbonyl (C=O) groups is 1. The smallest absolute Gasteiger partial charge is 0.129 e. The first-order valence-corrected chi connectivity index (χ1v) is 5.23. The van der Waals surface area contributed by atoms with Gasteiger partial charge in [0.25, 0.3) is 0 Å². The molecule has 0 spiro atoms. The molecule has 1 heteroatoms. The highest BCUT2D eigenvalue weighted by atomic mass is 16.1. The first-order valence-electron chi connectivity index (χ1n) is 5.23. The van der Waals surface area contributed by atoms with Gasteiger partial charge in [0.1, 0.15) is 5.78 Å². The lowest BCUT2D eigenvalue weighted by Gasteiger charge is -2.01. The Bertz CT molecular complexity index is 302. The number of benzene rings is 1. The van der Waals surface area contributed by atoms with Crippen molar-refractivity contribution in [1.29, 1.82) is 0 Å². The molecular weight excluding hydrogens is 172 g/mol. The van der Waals surface area contributed by atoms with Crippen LogP contribution in [-0.2, 0) is 11.2 Å². The zero-order valence-electron chi connectivity index (χ0n) is 9.05. The molecule has 0 aliphatic carbocycles. The van der Waals surface area contributed by atoms with Crippen LogP contribution >= 0.6 is 0 Å². The number of carbonyl (C=O) groups excluding carboxylic acids is 1. The molecule has 0 heterocycles. The van der Waals surface area contributed by atoms with Crippen LogP contribution in [0.2, 0.25) is 0 Å². The van der Waals surface area contributed by atoms with Gasteiger partial charge in [0.05, 0.1) is 0 Å². The summed E-state index contributed by atoms with van der Waals surface area (Å²) in [5, 5.41) is 0. The van der Waals surface area contributed by atoms with Crippen molar-refractivity contribution in [2.75, 3.05) is 0 Å². The van der Waals surface area contributed by atoms with Gasteiger partial charge in [-0.3, -0.25) is 0 Å². The van der Waals surface area contributed by atoms with Gasteiger partial charge in [-0.25, -0.2) is 0 Å². The average molecular weight is 190 g/mol. The Balaban J connectivity index is 2.28. The Morgan fingerprint density at radius 2 is 2.07 bits per heavy atom. The zero-order valence-corrected chi connectivity index (χ0v) is 9.05. The topological polar surface area (TPSA) is 17.1 Å². The summed E-state index contributed by atoms with van der Waals surface area (Å²) in [5.41, 5.74) is 2.70. The summed E-state index contributed by atoms with van der Waals surface area (Å²) in [6.45, 7) is 3.77. The van der Waals surface area contributed by atoms with Crippen LogP contribution in [0.5, 0.6) is 0 Å². The van der Waals surface area contributed by atoms with Crippen molar-refractivity contribution in [2.24, 2.45) is 0 Å². The fourth-order valence-electron chi connectivity index (χ4n) is 1.57. The van der Waals surface area contributed by atoms with Crippen LogP contribution in [0.3, 0.4) is 0 Å². The number of hydrogen-bond donors (Lipinski definition) is 0. The molecule has 1 aromatic rings. The standard InChI is InChI=1S/C13H18O/c1-11-6-5-9-13(10-11)8-4-3-7-12(2)14/h5-6,9-10H,3-4,7-8H2,1-2H3. The highest BCUT2D eigenvalue weighted by Crippen LogP contribution is 2.08. The molecule has 0 saturated carbocycles. The molecule has 0 aromatic heterocycles. The molecule has 0 radical (unpaired) electrons. The van der Waals surface area contributed by atoms with Crippen LogP contribution in [0.4, 0.5) is 0 Å². The molecule has 0 fully saturated rings. The van der Waals surface area contributed by atoms with Crippen LogP contribution in [-0.4, -0.2) is 5.78 Å². The molecular formula is C13H18O. The largest absolute Gasteiger partial charge is 0.300 e. The van der Waals surface area contributed by atoms with Crippen LogP contribution in [0.1, 0.15) is 37.3 Å². The van der Waals surface area contributed by atoms with Crippen molar-refractivity contribution in [3.8, 4) is 0 Å². The van der Waals surface area contributed by atoms with E-state index in [9.17, 15) is 4.79 Å². The summed E-state index contributed by atoms with van der Waals surface area (Å²) in [6, 6.07) is 8.57. The van der Waals surface area contributed by atoms with E-state index in [0.717, 1.165) is 25.7 Å². The second-order valence-electron chi connectivity index (χ2n) is 3.90. The van der Waals surface area contributed by atoms with Crippen molar-refractivity contribution >= 4 is 5.78 Å². The highest BCUT2D eigenvalue weighted by molar-refractivity contribution is 5.75. The molecule has 0 aliphatic heterocycles. The van der Waals surface area contributed by atoms with Crippen molar-refractivity contribution in [2.45, 2.75) is 39.5 Å². The van der Waals surface area contributed by atoms with Gasteiger partial charge in [-0.15, -0.1) is 0 Å². The third-order valence-electron chi connectivity index (χ3n) is 2.33. The van der Waals surface area contributed by atoms with Gasteiger partial charge < -0.3 is 4.79 Å². The Labute approximate surface area is 86.1 Å². The van der Waals surface area contributed by atoms with Gasteiger partial charge in [-0.05, 0) is 38.7 Å². The molecule has 0 amide bonds. The van der Waals surface area contributed by atoms with Gasteiger partial charge in [-0.1, -0.05) is 29.8 Å². The van der Waals surface area contributed by atoms with Crippen LogP contribution in [0.25, 0.3) is 0 Å². The van der Waals surface area contributed by atoms with Crippen molar-refractivity contribution in [3.05, 3.63) is 35.4 Å². The quantitative estimate of drug-likeness (QED) is 0.651. The van der Waals surface area contributed by atoms with Gasteiger partial charge in [0.2, 0.25) is 0 Å².